The molecule has 0 unspecified atom stereocenters. The van der Waals surface area contributed by atoms with Crippen molar-refractivity contribution in [2.45, 2.75) is 51.9 Å². The van der Waals surface area contributed by atoms with E-state index in [1.54, 1.807) is 0 Å². The number of hydrogen-bond donors (Lipinski definition) is 1. The van der Waals surface area contributed by atoms with Crippen molar-refractivity contribution in [1.29, 1.82) is 0 Å². The lowest BCUT2D eigenvalue weighted by molar-refractivity contribution is 0.126. The van der Waals surface area contributed by atoms with E-state index in [1.807, 2.05) is 6.20 Å². The van der Waals surface area contributed by atoms with Crippen LogP contribution in [-0.4, -0.2) is 18.2 Å². The van der Waals surface area contributed by atoms with Crippen molar-refractivity contribution < 1.29 is 4.74 Å². The second kappa shape index (κ2) is 9.46. The van der Waals surface area contributed by atoms with Crippen LogP contribution in [0, 0.1) is 0 Å². The van der Waals surface area contributed by atoms with E-state index in [0.29, 0.717) is 0 Å². The monoisotopic (exact) mass is 223 g/mol. The molecular weight excluding hydrogens is 198 g/mol. The zero-order chi connectivity index (χ0) is 11.5. The van der Waals surface area contributed by atoms with Gasteiger partial charge in [0.15, 0.2) is 0 Å². The standard InChI is InChI=1S/C14H25NO/c1-2-3-6-12-16-13-7-4-5-9-14-10-8-11-15-14/h8,10-11,15H,2-7,9,12-13H2,1H3. The normalized spacial score (nSPS) is 10.8. The molecule has 0 amide bonds. The van der Waals surface area contributed by atoms with E-state index >= 15 is 0 Å². The Morgan fingerprint density at radius 3 is 2.56 bits per heavy atom. The molecular formula is C14H25NO. The lowest BCUT2D eigenvalue weighted by atomic mass is 10.1. The Labute approximate surface area is 99.4 Å². The highest BCUT2D eigenvalue weighted by Crippen LogP contribution is 2.04. The van der Waals surface area contributed by atoms with Gasteiger partial charge in [-0.1, -0.05) is 26.2 Å². The molecule has 92 valence electrons. The van der Waals surface area contributed by atoms with Crippen LogP contribution in [0.15, 0.2) is 18.3 Å². The number of hydrogen-bond acceptors (Lipinski definition) is 1. The second-order valence-electron chi connectivity index (χ2n) is 4.33. The largest absolute Gasteiger partial charge is 0.381 e. The Morgan fingerprint density at radius 2 is 1.88 bits per heavy atom. The van der Waals surface area contributed by atoms with Crippen LogP contribution in [0.5, 0.6) is 0 Å². The van der Waals surface area contributed by atoms with Crippen molar-refractivity contribution in [3.63, 3.8) is 0 Å². The van der Waals surface area contributed by atoms with Gasteiger partial charge in [-0.15, -0.1) is 0 Å². The smallest absolute Gasteiger partial charge is 0.0466 e. The van der Waals surface area contributed by atoms with Gasteiger partial charge in [0.25, 0.3) is 0 Å². The lowest BCUT2D eigenvalue weighted by Crippen LogP contribution is -1.97. The van der Waals surface area contributed by atoms with E-state index < -0.39 is 0 Å². The average molecular weight is 223 g/mol. The number of ether oxygens (including phenoxy) is 1. The molecule has 0 aliphatic heterocycles. The van der Waals surface area contributed by atoms with Gasteiger partial charge < -0.3 is 9.72 Å². The Kier molecular flexibility index (Phi) is 7.87. The third kappa shape index (κ3) is 6.67. The van der Waals surface area contributed by atoms with Crippen LogP contribution in [0.2, 0.25) is 0 Å². The van der Waals surface area contributed by atoms with E-state index in [-0.39, 0.29) is 0 Å². The quantitative estimate of drug-likeness (QED) is 0.597. The summed E-state index contributed by atoms with van der Waals surface area (Å²) in [7, 11) is 0. The van der Waals surface area contributed by atoms with Gasteiger partial charge >= 0.3 is 0 Å². The van der Waals surface area contributed by atoms with Gasteiger partial charge in [-0.25, -0.2) is 0 Å². The minimum Gasteiger partial charge on any atom is -0.381 e. The van der Waals surface area contributed by atoms with Crippen molar-refractivity contribution >= 4 is 0 Å². The molecule has 0 bridgehead atoms. The summed E-state index contributed by atoms with van der Waals surface area (Å²) in [5.74, 6) is 0. The molecule has 1 aromatic rings. The topological polar surface area (TPSA) is 25.0 Å². The predicted octanol–water partition coefficient (Wildman–Crippen LogP) is 3.93. The summed E-state index contributed by atoms with van der Waals surface area (Å²) in [5.41, 5.74) is 1.35. The Hall–Kier alpha value is -0.760. The maximum atomic E-state index is 5.57. The van der Waals surface area contributed by atoms with Crippen LogP contribution in [0.4, 0.5) is 0 Å². The summed E-state index contributed by atoms with van der Waals surface area (Å²) in [6, 6.07) is 4.22. The molecule has 0 atom stereocenters. The van der Waals surface area contributed by atoms with Gasteiger partial charge in [0.2, 0.25) is 0 Å². The van der Waals surface area contributed by atoms with Gasteiger partial charge in [-0.2, -0.15) is 0 Å². The van der Waals surface area contributed by atoms with Gasteiger partial charge in [0.1, 0.15) is 0 Å². The van der Waals surface area contributed by atoms with Crippen molar-refractivity contribution in [2.75, 3.05) is 13.2 Å². The fourth-order valence-electron chi connectivity index (χ4n) is 1.78. The molecule has 16 heavy (non-hydrogen) atoms. The second-order valence-corrected chi connectivity index (χ2v) is 4.33. The fraction of sp³-hybridized carbons (Fsp3) is 0.714. The molecule has 2 heteroatoms. The van der Waals surface area contributed by atoms with Crippen LogP contribution in [0.3, 0.4) is 0 Å². The maximum Gasteiger partial charge on any atom is 0.0466 e. The number of rotatable bonds is 10. The minimum absolute atomic E-state index is 0.939. The summed E-state index contributed by atoms with van der Waals surface area (Å²) < 4.78 is 5.57. The van der Waals surface area contributed by atoms with Crippen LogP contribution in [0.25, 0.3) is 0 Å². The van der Waals surface area contributed by atoms with E-state index in [2.05, 4.69) is 24.0 Å². The van der Waals surface area contributed by atoms with E-state index in [4.69, 9.17) is 4.74 Å². The number of aromatic amines is 1. The third-order valence-electron chi connectivity index (χ3n) is 2.79. The van der Waals surface area contributed by atoms with Crippen molar-refractivity contribution in [3.8, 4) is 0 Å². The first-order valence-corrected chi connectivity index (χ1v) is 6.63. The van der Waals surface area contributed by atoms with Crippen molar-refractivity contribution in [2.24, 2.45) is 0 Å². The lowest BCUT2D eigenvalue weighted by Gasteiger charge is -2.03. The Bertz CT molecular complexity index is 231. The molecule has 0 aromatic carbocycles. The van der Waals surface area contributed by atoms with Gasteiger partial charge in [0, 0.05) is 25.1 Å². The first kappa shape index (κ1) is 13.3. The zero-order valence-corrected chi connectivity index (χ0v) is 10.5. The highest BCUT2D eigenvalue weighted by atomic mass is 16.5. The van der Waals surface area contributed by atoms with E-state index in [9.17, 15) is 0 Å². The molecule has 0 aliphatic rings. The summed E-state index contributed by atoms with van der Waals surface area (Å²) in [6.45, 7) is 4.11. The molecule has 0 spiro atoms. The molecule has 0 saturated carbocycles. The molecule has 2 nitrogen and oxygen atoms in total. The maximum absolute atomic E-state index is 5.57. The summed E-state index contributed by atoms with van der Waals surface area (Å²) in [6.07, 6.45) is 10.7. The third-order valence-corrected chi connectivity index (χ3v) is 2.79. The SMILES string of the molecule is CCCCCOCCCCCc1ccc[nH]1. The number of aromatic nitrogens is 1. The first-order valence-electron chi connectivity index (χ1n) is 6.63. The fourth-order valence-corrected chi connectivity index (χ4v) is 1.78. The molecule has 0 aliphatic carbocycles. The summed E-state index contributed by atoms with van der Waals surface area (Å²) in [5, 5.41) is 0. The molecule has 0 fully saturated rings. The summed E-state index contributed by atoms with van der Waals surface area (Å²) >= 11 is 0. The molecule has 1 heterocycles. The molecule has 1 aromatic heterocycles. The van der Waals surface area contributed by atoms with E-state index in [1.165, 1.54) is 50.6 Å². The van der Waals surface area contributed by atoms with Crippen molar-refractivity contribution in [1.82, 2.24) is 4.98 Å². The molecule has 1 N–H and O–H groups in total. The predicted molar refractivity (Wildman–Crippen MR) is 68.7 cm³/mol. The molecule has 0 saturated heterocycles. The zero-order valence-electron chi connectivity index (χ0n) is 10.5. The minimum atomic E-state index is 0.939. The van der Waals surface area contributed by atoms with Gasteiger partial charge in [0.05, 0.1) is 0 Å². The van der Waals surface area contributed by atoms with Crippen LogP contribution >= 0.6 is 0 Å². The molecule has 0 radical (unpaired) electrons. The number of nitrogens with one attached hydrogen (secondary N) is 1. The van der Waals surface area contributed by atoms with Crippen LogP contribution in [-0.2, 0) is 11.2 Å². The highest BCUT2D eigenvalue weighted by Gasteiger charge is 1.94. The average Bonchev–Trinajstić information content (AvgIpc) is 2.80. The van der Waals surface area contributed by atoms with Crippen LogP contribution < -0.4 is 0 Å². The van der Waals surface area contributed by atoms with Gasteiger partial charge in [-0.05, 0) is 37.8 Å². The van der Waals surface area contributed by atoms with Crippen molar-refractivity contribution in [3.05, 3.63) is 24.0 Å². The number of H-pyrrole nitrogens is 1. The number of aryl methyl sites for hydroxylation is 1. The van der Waals surface area contributed by atoms with Gasteiger partial charge in [-0.3, -0.25) is 0 Å². The first-order chi connectivity index (χ1) is 7.93. The highest BCUT2D eigenvalue weighted by molar-refractivity contribution is 5.03. The Balaban J connectivity index is 1.78. The van der Waals surface area contributed by atoms with E-state index in [0.717, 1.165) is 13.2 Å². The Morgan fingerprint density at radius 1 is 1.06 bits per heavy atom. The summed E-state index contributed by atoms with van der Waals surface area (Å²) in [4.78, 5) is 3.23. The molecule has 1 rings (SSSR count). The number of unbranched alkanes of at least 4 members (excludes halogenated alkanes) is 4. The van der Waals surface area contributed by atoms with Crippen LogP contribution in [0.1, 0.15) is 51.1 Å².